The summed E-state index contributed by atoms with van der Waals surface area (Å²) in [6, 6.07) is 5.57. The summed E-state index contributed by atoms with van der Waals surface area (Å²) in [4.78, 5) is 2.29. The molecule has 0 aliphatic carbocycles. The molecule has 0 aromatic heterocycles. The van der Waals surface area contributed by atoms with Crippen molar-refractivity contribution in [1.82, 2.24) is 15.3 Å². The van der Waals surface area contributed by atoms with E-state index in [0.717, 1.165) is 37.6 Å². The third-order valence-corrected chi connectivity index (χ3v) is 3.61. The first-order valence-electron chi connectivity index (χ1n) is 6.85. The minimum Gasteiger partial charge on any atom is -0.497 e. The molecule has 7 heteroatoms. The summed E-state index contributed by atoms with van der Waals surface area (Å²) in [6.45, 7) is 3.94. The minimum atomic E-state index is 0.558. The van der Waals surface area contributed by atoms with Crippen LogP contribution in [0.4, 0.5) is 5.69 Å². The summed E-state index contributed by atoms with van der Waals surface area (Å²) < 4.78 is 10.5. The van der Waals surface area contributed by atoms with Crippen molar-refractivity contribution in [3.8, 4) is 11.5 Å². The Morgan fingerprint density at radius 1 is 1.14 bits per heavy atom. The van der Waals surface area contributed by atoms with Gasteiger partial charge in [-0.2, -0.15) is 0 Å². The highest BCUT2D eigenvalue weighted by Gasteiger charge is 2.15. The number of nitrogens with zero attached hydrogens (tertiary/aromatic N) is 2. The Morgan fingerprint density at radius 3 is 2.48 bits per heavy atom. The number of thiocarbonyl (C=S) groups is 1. The molecule has 0 amide bonds. The average Bonchev–Trinajstić information content (AvgIpc) is 2.50. The van der Waals surface area contributed by atoms with Crippen molar-refractivity contribution >= 4 is 23.0 Å². The molecular formula is C14H22N4O2S. The van der Waals surface area contributed by atoms with E-state index in [1.807, 2.05) is 18.2 Å². The number of benzene rings is 1. The maximum Gasteiger partial charge on any atom is 0.185 e. The predicted octanol–water partition coefficient (Wildman–Crippen LogP) is 1.15. The average molecular weight is 310 g/mol. The molecule has 1 aliphatic rings. The zero-order valence-corrected chi connectivity index (χ0v) is 13.5. The van der Waals surface area contributed by atoms with Gasteiger partial charge in [0.15, 0.2) is 5.11 Å². The summed E-state index contributed by atoms with van der Waals surface area (Å²) in [7, 11) is 5.37. The van der Waals surface area contributed by atoms with Gasteiger partial charge in [-0.3, -0.25) is 5.43 Å². The highest BCUT2D eigenvalue weighted by molar-refractivity contribution is 7.80. The normalized spacial score (nSPS) is 16.3. The van der Waals surface area contributed by atoms with E-state index in [9.17, 15) is 0 Å². The number of methoxy groups -OCH3 is 2. The van der Waals surface area contributed by atoms with Crippen LogP contribution in [0, 0.1) is 0 Å². The Balaban J connectivity index is 1.93. The number of ether oxygens (including phenoxy) is 2. The monoisotopic (exact) mass is 310 g/mol. The minimum absolute atomic E-state index is 0.558. The summed E-state index contributed by atoms with van der Waals surface area (Å²) in [5.41, 5.74) is 4.02. The maximum atomic E-state index is 5.35. The first-order valence-corrected chi connectivity index (χ1v) is 7.26. The number of hydrogen-bond acceptors (Lipinski definition) is 5. The van der Waals surface area contributed by atoms with Gasteiger partial charge in [0.25, 0.3) is 0 Å². The van der Waals surface area contributed by atoms with Crippen molar-refractivity contribution in [1.29, 1.82) is 0 Å². The fourth-order valence-electron chi connectivity index (χ4n) is 2.11. The van der Waals surface area contributed by atoms with Crippen molar-refractivity contribution in [3.05, 3.63) is 18.2 Å². The highest BCUT2D eigenvalue weighted by Crippen LogP contribution is 2.28. The van der Waals surface area contributed by atoms with Crippen LogP contribution < -0.4 is 20.2 Å². The summed E-state index contributed by atoms with van der Waals surface area (Å²) >= 11 is 5.35. The topological polar surface area (TPSA) is 49.0 Å². The van der Waals surface area contributed by atoms with Crippen LogP contribution >= 0.6 is 12.2 Å². The maximum absolute atomic E-state index is 5.35. The quantitative estimate of drug-likeness (QED) is 0.809. The van der Waals surface area contributed by atoms with Crippen LogP contribution in [0.5, 0.6) is 11.5 Å². The van der Waals surface area contributed by atoms with Crippen LogP contribution in [0.3, 0.4) is 0 Å². The van der Waals surface area contributed by atoms with Crippen molar-refractivity contribution in [2.45, 2.75) is 0 Å². The summed E-state index contributed by atoms with van der Waals surface area (Å²) in [6.07, 6.45) is 0. The molecule has 2 rings (SSSR count). The lowest BCUT2D eigenvalue weighted by atomic mass is 10.2. The van der Waals surface area contributed by atoms with Crippen LogP contribution in [0.25, 0.3) is 0 Å². The van der Waals surface area contributed by atoms with Crippen molar-refractivity contribution in [2.24, 2.45) is 0 Å². The second kappa shape index (κ2) is 7.44. The number of piperazine rings is 1. The Hall–Kier alpha value is -1.57. The molecule has 1 aromatic rings. The van der Waals surface area contributed by atoms with E-state index in [-0.39, 0.29) is 0 Å². The first kappa shape index (κ1) is 15.8. The number of likely N-dealkylation sites (N-methyl/N-ethyl adjacent to an activating group) is 1. The van der Waals surface area contributed by atoms with Gasteiger partial charge in [-0.1, -0.05) is 0 Å². The number of hydrazine groups is 1. The van der Waals surface area contributed by atoms with Crippen LogP contribution in [-0.2, 0) is 0 Å². The van der Waals surface area contributed by atoms with Crippen LogP contribution in [0.15, 0.2) is 18.2 Å². The number of anilines is 1. The van der Waals surface area contributed by atoms with E-state index in [0.29, 0.717) is 10.9 Å². The van der Waals surface area contributed by atoms with Crippen molar-refractivity contribution in [3.63, 3.8) is 0 Å². The number of nitrogens with one attached hydrogen (secondary N) is 2. The fourth-order valence-corrected chi connectivity index (χ4v) is 2.35. The van der Waals surface area contributed by atoms with Gasteiger partial charge in [-0.15, -0.1) is 0 Å². The molecule has 1 aliphatic heterocycles. The van der Waals surface area contributed by atoms with E-state index in [1.54, 1.807) is 14.2 Å². The third-order valence-electron chi connectivity index (χ3n) is 3.42. The van der Waals surface area contributed by atoms with E-state index in [1.165, 1.54) is 0 Å². The van der Waals surface area contributed by atoms with Gasteiger partial charge in [0.2, 0.25) is 0 Å². The molecule has 21 heavy (non-hydrogen) atoms. The largest absolute Gasteiger partial charge is 0.497 e. The van der Waals surface area contributed by atoms with E-state index in [4.69, 9.17) is 21.7 Å². The Bertz CT molecular complexity index is 490. The molecule has 116 valence electrons. The van der Waals surface area contributed by atoms with Gasteiger partial charge < -0.3 is 19.7 Å². The Morgan fingerprint density at radius 2 is 1.86 bits per heavy atom. The van der Waals surface area contributed by atoms with Crippen LogP contribution in [-0.4, -0.2) is 62.5 Å². The fraction of sp³-hybridized carbons (Fsp3) is 0.500. The van der Waals surface area contributed by atoms with E-state index >= 15 is 0 Å². The van der Waals surface area contributed by atoms with Gasteiger partial charge >= 0.3 is 0 Å². The van der Waals surface area contributed by atoms with Gasteiger partial charge in [-0.25, -0.2) is 5.01 Å². The number of hydrogen-bond donors (Lipinski definition) is 2. The molecule has 0 unspecified atom stereocenters. The molecule has 1 aromatic carbocycles. The standard InChI is InChI=1S/C14H22N4O2S/c1-17-6-8-18(9-7-17)16-14(21)15-12-5-4-11(19-2)10-13(12)20-3/h4-5,10H,6-9H2,1-3H3,(H2,15,16,21). The molecule has 0 bridgehead atoms. The Labute approximate surface area is 131 Å². The molecular weight excluding hydrogens is 288 g/mol. The summed E-state index contributed by atoms with van der Waals surface area (Å²) in [5, 5.41) is 5.83. The van der Waals surface area contributed by atoms with Crippen LogP contribution in [0.1, 0.15) is 0 Å². The Kier molecular flexibility index (Phi) is 5.60. The second-order valence-corrected chi connectivity index (χ2v) is 5.33. The van der Waals surface area contributed by atoms with E-state index < -0.39 is 0 Å². The van der Waals surface area contributed by atoms with Crippen molar-refractivity contribution in [2.75, 3.05) is 52.8 Å². The predicted molar refractivity (Wildman–Crippen MR) is 88.0 cm³/mol. The molecule has 0 radical (unpaired) electrons. The lowest BCUT2D eigenvalue weighted by Gasteiger charge is -2.33. The second-order valence-electron chi connectivity index (χ2n) is 4.92. The first-order chi connectivity index (χ1) is 10.1. The molecule has 2 N–H and O–H groups in total. The zero-order chi connectivity index (χ0) is 15.2. The molecule has 0 spiro atoms. The lowest BCUT2D eigenvalue weighted by molar-refractivity contribution is 0.131. The lowest BCUT2D eigenvalue weighted by Crippen LogP contribution is -2.53. The van der Waals surface area contributed by atoms with Gasteiger partial charge in [-0.05, 0) is 31.4 Å². The molecule has 1 fully saturated rings. The van der Waals surface area contributed by atoms with Crippen molar-refractivity contribution < 1.29 is 9.47 Å². The zero-order valence-electron chi connectivity index (χ0n) is 12.7. The molecule has 1 heterocycles. The van der Waals surface area contributed by atoms with Gasteiger partial charge in [0, 0.05) is 32.2 Å². The van der Waals surface area contributed by atoms with Gasteiger partial charge in [0.05, 0.1) is 19.9 Å². The third kappa shape index (κ3) is 4.45. The smallest absolute Gasteiger partial charge is 0.185 e. The molecule has 1 saturated heterocycles. The van der Waals surface area contributed by atoms with Gasteiger partial charge in [0.1, 0.15) is 11.5 Å². The highest BCUT2D eigenvalue weighted by atomic mass is 32.1. The molecule has 0 atom stereocenters. The molecule has 0 saturated carbocycles. The SMILES string of the molecule is COc1ccc(NC(=S)NN2CCN(C)CC2)c(OC)c1. The molecule has 6 nitrogen and oxygen atoms in total. The summed E-state index contributed by atoms with van der Waals surface area (Å²) in [5.74, 6) is 1.44. The number of rotatable bonds is 4. The van der Waals surface area contributed by atoms with Crippen LogP contribution in [0.2, 0.25) is 0 Å². The van der Waals surface area contributed by atoms with E-state index in [2.05, 4.69) is 27.7 Å².